The van der Waals surface area contributed by atoms with E-state index >= 15 is 0 Å². The van der Waals surface area contributed by atoms with Gasteiger partial charge in [-0.2, -0.15) is 18.3 Å². The summed E-state index contributed by atoms with van der Waals surface area (Å²) in [6.07, 6.45) is -1.82. The Labute approximate surface area is 138 Å². The molecule has 1 heterocycles. The van der Waals surface area contributed by atoms with Crippen LogP contribution in [0.25, 0.3) is 0 Å². The number of carboxylic acid groups (broad SMARTS) is 1. The lowest BCUT2D eigenvalue weighted by Crippen LogP contribution is -2.21. The van der Waals surface area contributed by atoms with Crippen LogP contribution in [-0.4, -0.2) is 39.3 Å². The smallest absolute Gasteiger partial charge is 0.475 e. The number of nitrogens with zero attached hydrogens (tertiary/aromatic N) is 2. The molecule has 5 nitrogen and oxygen atoms in total. The largest absolute Gasteiger partial charge is 0.490 e. The first kappa shape index (κ1) is 21.8. The summed E-state index contributed by atoms with van der Waals surface area (Å²) >= 11 is 1.95. The van der Waals surface area contributed by atoms with Gasteiger partial charge in [-0.15, -0.1) is 11.8 Å². The third kappa shape index (κ3) is 7.26. The molecule has 23 heavy (non-hydrogen) atoms. The molecule has 0 aliphatic carbocycles. The number of rotatable bonds is 7. The van der Waals surface area contributed by atoms with Gasteiger partial charge in [0, 0.05) is 6.54 Å². The van der Waals surface area contributed by atoms with Crippen molar-refractivity contribution in [2.24, 2.45) is 5.73 Å². The summed E-state index contributed by atoms with van der Waals surface area (Å²) in [5.74, 6) is -1.58. The van der Waals surface area contributed by atoms with Crippen molar-refractivity contribution >= 4 is 17.7 Å². The first-order chi connectivity index (χ1) is 10.7. The number of alkyl halides is 3. The highest BCUT2D eigenvalue weighted by atomic mass is 32.2. The molecule has 0 unspecified atom stereocenters. The van der Waals surface area contributed by atoms with E-state index in [1.807, 2.05) is 11.8 Å². The Balaban J connectivity index is 0.000000585. The Bertz CT molecular complexity index is 490. The molecule has 0 fully saturated rings. The highest BCUT2D eigenvalue weighted by molar-refractivity contribution is 7.99. The van der Waals surface area contributed by atoms with Gasteiger partial charge in [-0.25, -0.2) is 4.79 Å². The minimum absolute atomic E-state index is 0.662. The third-order valence-corrected chi connectivity index (χ3v) is 4.15. The summed E-state index contributed by atoms with van der Waals surface area (Å²) < 4.78 is 33.8. The molecule has 3 N–H and O–H groups in total. The summed E-state index contributed by atoms with van der Waals surface area (Å²) in [5, 5.41) is 11.8. The van der Waals surface area contributed by atoms with Gasteiger partial charge >= 0.3 is 12.1 Å². The second-order valence-electron chi connectivity index (χ2n) is 4.59. The van der Waals surface area contributed by atoms with E-state index in [2.05, 4.69) is 30.6 Å². The number of thioether (sulfide) groups is 1. The van der Waals surface area contributed by atoms with E-state index in [4.69, 9.17) is 15.6 Å². The van der Waals surface area contributed by atoms with Crippen molar-refractivity contribution in [1.82, 2.24) is 9.78 Å². The second-order valence-corrected chi connectivity index (χ2v) is 5.70. The van der Waals surface area contributed by atoms with Crippen LogP contribution in [0.2, 0.25) is 0 Å². The molecule has 0 bridgehead atoms. The van der Waals surface area contributed by atoms with Crippen molar-refractivity contribution in [3.8, 4) is 0 Å². The number of hydrogen-bond donors (Lipinski definition) is 2. The number of carbonyl (C=O) groups is 1. The standard InChI is InChI=1S/C12H23N3S.C2HF3O2/c1-4-9-16-12-10(5-2)14-15(8-7-13)11(12)6-3;3-2(4,5)1(6)7/h4-9,13H2,1-3H3;(H,6,7). The Morgan fingerprint density at radius 3 is 2.22 bits per heavy atom. The van der Waals surface area contributed by atoms with Crippen molar-refractivity contribution in [1.29, 1.82) is 0 Å². The van der Waals surface area contributed by atoms with Gasteiger partial charge in [-0.1, -0.05) is 20.8 Å². The van der Waals surface area contributed by atoms with Crippen LogP contribution in [0.1, 0.15) is 38.6 Å². The van der Waals surface area contributed by atoms with E-state index in [1.165, 1.54) is 28.5 Å². The van der Waals surface area contributed by atoms with E-state index in [-0.39, 0.29) is 0 Å². The van der Waals surface area contributed by atoms with Crippen molar-refractivity contribution in [2.75, 3.05) is 12.3 Å². The quantitative estimate of drug-likeness (QED) is 0.735. The van der Waals surface area contributed by atoms with Crippen LogP contribution in [0.3, 0.4) is 0 Å². The predicted octanol–water partition coefficient (Wildman–Crippen LogP) is 3.10. The van der Waals surface area contributed by atoms with Crippen molar-refractivity contribution in [2.45, 2.75) is 57.7 Å². The maximum atomic E-state index is 10.6. The average Bonchev–Trinajstić information content (AvgIpc) is 2.81. The molecule has 0 spiro atoms. The fourth-order valence-electron chi connectivity index (χ4n) is 1.79. The predicted molar refractivity (Wildman–Crippen MR) is 84.7 cm³/mol. The van der Waals surface area contributed by atoms with Crippen LogP contribution in [0, 0.1) is 0 Å². The number of hydrogen-bond acceptors (Lipinski definition) is 4. The highest BCUT2D eigenvalue weighted by Crippen LogP contribution is 2.28. The second kappa shape index (κ2) is 10.5. The normalized spacial score (nSPS) is 11.1. The molecule has 0 amide bonds. The molecule has 0 saturated heterocycles. The zero-order chi connectivity index (χ0) is 18.0. The van der Waals surface area contributed by atoms with Gasteiger partial charge in [0.15, 0.2) is 0 Å². The summed E-state index contributed by atoms with van der Waals surface area (Å²) in [6.45, 7) is 8.08. The van der Waals surface area contributed by atoms with Crippen molar-refractivity contribution in [3.05, 3.63) is 11.4 Å². The molecular weight excluding hydrogens is 331 g/mol. The molecule has 1 rings (SSSR count). The summed E-state index contributed by atoms with van der Waals surface area (Å²) in [6, 6.07) is 0. The Morgan fingerprint density at radius 1 is 1.30 bits per heavy atom. The minimum Gasteiger partial charge on any atom is -0.475 e. The van der Waals surface area contributed by atoms with Gasteiger partial charge in [-0.05, 0) is 25.0 Å². The molecule has 1 aromatic rings. The first-order valence-electron chi connectivity index (χ1n) is 7.44. The van der Waals surface area contributed by atoms with Gasteiger partial charge in [0.25, 0.3) is 0 Å². The van der Waals surface area contributed by atoms with Gasteiger partial charge in [0.2, 0.25) is 0 Å². The van der Waals surface area contributed by atoms with Crippen LogP contribution in [0.15, 0.2) is 4.90 Å². The molecule has 0 aliphatic rings. The molecule has 0 radical (unpaired) electrons. The first-order valence-corrected chi connectivity index (χ1v) is 8.42. The van der Waals surface area contributed by atoms with Crippen molar-refractivity contribution < 1.29 is 23.1 Å². The van der Waals surface area contributed by atoms with E-state index in [9.17, 15) is 13.2 Å². The Morgan fingerprint density at radius 2 is 1.87 bits per heavy atom. The zero-order valence-corrected chi connectivity index (χ0v) is 14.4. The lowest BCUT2D eigenvalue weighted by molar-refractivity contribution is -0.192. The highest BCUT2D eigenvalue weighted by Gasteiger charge is 2.38. The van der Waals surface area contributed by atoms with Crippen LogP contribution < -0.4 is 5.73 Å². The van der Waals surface area contributed by atoms with Crippen LogP contribution in [0.4, 0.5) is 13.2 Å². The van der Waals surface area contributed by atoms with Gasteiger partial charge in [0.05, 0.1) is 22.8 Å². The number of aromatic nitrogens is 2. The van der Waals surface area contributed by atoms with Gasteiger partial charge in [-0.3, -0.25) is 4.68 Å². The summed E-state index contributed by atoms with van der Waals surface area (Å²) in [4.78, 5) is 10.3. The van der Waals surface area contributed by atoms with E-state index in [1.54, 1.807) is 0 Å². The minimum atomic E-state index is -5.08. The summed E-state index contributed by atoms with van der Waals surface area (Å²) in [7, 11) is 0. The molecule has 0 atom stereocenters. The fourth-order valence-corrected chi connectivity index (χ4v) is 2.96. The Hall–Kier alpha value is -1.22. The van der Waals surface area contributed by atoms with Crippen LogP contribution >= 0.6 is 11.8 Å². The van der Waals surface area contributed by atoms with E-state index in [0.717, 1.165) is 19.4 Å². The monoisotopic (exact) mass is 355 g/mol. The van der Waals surface area contributed by atoms with Gasteiger partial charge in [0.1, 0.15) is 0 Å². The molecular formula is C14H24F3N3O2S. The third-order valence-electron chi connectivity index (χ3n) is 2.78. The van der Waals surface area contributed by atoms with E-state index < -0.39 is 12.1 Å². The summed E-state index contributed by atoms with van der Waals surface area (Å²) in [5.41, 5.74) is 8.22. The molecule has 0 saturated carbocycles. The van der Waals surface area contributed by atoms with Gasteiger partial charge < -0.3 is 10.8 Å². The fraction of sp³-hybridized carbons (Fsp3) is 0.714. The molecule has 9 heteroatoms. The van der Waals surface area contributed by atoms with E-state index in [0.29, 0.717) is 6.54 Å². The van der Waals surface area contributed by atoms with Crippen molar-refractivity contribution in [3.63, 3.8) is 0 Å². The lowest BCUT2D eigenvalue weighted by Gasteiger charge is -2.05. The number of nitrogens with two attached hydrogens (primary N) is 1. The number of aryl methyl sites for hydroxylation is 1. The number of halogens is 3. The van der Waals surface area contributed by atoms with Crippen LogP contribution in [0.5, 0.6) is 0 Å². The molecule has 0 aliphatic heterocycles. The zero-order valence-electron chi connectivity index (χ0n) is 13.6. The average molecular weight is 355 g/mol. The topological polar surface area (TPSA) is 81.1 Å². The molecule has 1 aromatic heterocycles. The lowest BCUT2D eigenvalue weighted by atomic mass is 10.2. The number of aliphatic carboxylic acids is 1. The number of carboxylic acids is 1. The molecule has 134 valence electrons. The SMILES string of the molecule is CCCSc1c(CC)nn(CCN)c1CC.O=C(O)C(F)(F)F. The Kier molecular flexibility index (Phi) is 9.98. The maximum Gasteiger partial charge on any atom is 0.490 e. The molecule has 0 aromatic carbocycles. The van der Waals surface area contributed by atoms with Crippen LogP contribution in [-0.2, 0) is 24.2 Å². The maximum absolute atomic E-state index is 10.6.